The van der Waals surface area contributed by atoms with Crippen LogP contribution in [0, 0.1) is 19.8 Å². The van der Waals surface area contributed by atoms with E-state index in [2.05, 4.69) is 27.2 Å². The number of likely N-dealkylation sites (tertiary alicyclic amines) is 1. The molecule has 118 valence electrons. The molecule has 0 aromatic carbocycles. The first-order chi connectivity index (χ1) is 10.7. The van der Waals surface area contributed by atoms with Gasteiger partial charge in [-0.05, 0) is 52.0 Å². The zero-order valence-corrected chi connectivity index (χ0v) is 13.4. The Labute approximate surface area is 131 Å². The first kappa shape index (κ1) is 14.0. The van der Waals surface area contributed by atoms with E-state index >= 15 is 0 Å². The highest BCUT2D eigenvalue weighted by molar-refractivity contribution is 5.64. The van der Waals surface area contributed by atoms with E-state index < -0.39 is 0 Å². The number of nitrogens with zero attached hydrogens (tertiary/aromatic N) is 3. The van der Waals surface area contributed by atoms with Crippen LogP contribution in [0.3, 0.4) is 0 Å². The fourth-order valence-electron chi connectivity index (χ4n) is 3.57. The fraction of sp³-hybridized carbons (Fsp3) is 0.647. The molecule has 0 amide bonds. The predicted octanol–water partition coefficient (Wildman–Crippen LogP) is 3.62. The van der Waals surface area contributed by atoms with Gasteiger partial charge in [0.15, 0.2) is 5.76 Å². The van der Waals surface area contributed by atoms with E-state index in [1.54, 1.807) is 0 Å². The van der Waals surface area contributed by atoms with Crippen molar-refractivity contribution in [1.29, 1.82) is 0 Å². The van der Waals surface area contributed by atoms with Gasteiger partial charge in [0.25, 0.3) is 0 Å². The second-order valence-electron chi connectivity index (χ2n) is 6.87. The van der Waals surface area contributed by atoms with Crippen LogP contribution in [-0.4, -0.2) is 33.3 Å². The molecule has 2 fully saturated rings. The quantitative estimate of drug-likeness (QED) is 0.937. The molecule has 1 N–H and O–H groups in total. The molecule has 1 unspecified atom stereocenters. The smallest absolute Gasteiger partial charge is 0.173 e. The normalized spacial score (nSPS) is 23.1. The topological polar surface area (TPSA) is 58.0 Å². The fourth-order valence-corrected chi connectivity index (χ4v) is 3.57. The lowest BCUT2D eigenvalue weighted by Crippen LogP contribution is -2.35. The molecule has 0 radical (unpaired) electrons. The lowest BCUT2D eigenvalue weighted by Gasteiger charge is -2.35. The number of hydrogen-bond donors (Lipinski definition) is 1. The highest BCUT2D eigenvalue weighted by atomic mass is 16.5. The lowest BCUT2D eigenvalue weighted by molar-refractivity contribution is 0.139. The highest BCUT2D eigenvalue weighted by Crippen LogP contribution is 2.39. The first-order valence-corrected chi connectivity index (χ1v) is 8.44. The van der Waals surface area contributed by atoms with Crippen LogP contribution in [0.2, 0.25) is 0 Å². The maximum atomic E-state index is 5.57. The number of nitrogens with one attached hydrogen (secondary N) is 1. The minimum absolute atomic E-state index is 0.441. The van der Waals surface area contributed by atoms with Crippen molar-refractivity contribution in [3.63, 3.8) is 0 Å². The first-order valence-electron chi connectivity index (χ1n) is 8.44. The number of aromatic nitrogens is 3. The Bertz CT molecular complexity index is 655. The number of rotatable bonds is 4. The van der Waals surface area contributed by atoms with Crippen molar-refractivity contribution in [2.45, 2.75) is 52.0 Å². The van der Waals surface area contributed by atoms with E-state index in [4.69, 9.17) is 4.52 Å². The molecule has 2 aromatic rings. The van der Waals surface area contributed by atoms with Gasteiger partial charge in [-0.1, -0.05) is 11.6 Å². The van der Waals surface area contributed by atoms with E-state index in [9.17, 15) is 0 Å². The third kappa shape index (κ3) is 2.47. The van der Waals surface area contributed by atoms with Crippen molar-refractivity contribution in [3.05, 3.63) is 23.1 Å². The molecule has 0 spiro atoms. The maximum Gasteiger partial charge on any atom is 0.173 e. The SMILES string of the molecule is Cc1noc(-c2cn[nH]c2C2CCCCN2CC2CC2)c1C. The molecule has 1 atom stereocenters. The summed E-state index contributed by atoms with van der Waals surface area (Å²) >= 11 is 0. The third-order valence-corrected chi connectivity index (χ3v) is 5.21. The Balaban J connectivity index is 1.66. The molecule has 4 rings (SSSR count). The van der Waals surface area contributed by atoms with E-state index in [0.717, 1.165) is 28.5 Å². The maximum absolute atomic E-state index is 5.57. The molecule has 1 aliphatic heterocycles. The summed E-state index contributed by atoms with van der Waals surface area (Å²) in [5.41, 5.74) is 4.37. The number of H-pyrrole nitrogens is 1. The number of aromatic amines is 1. The van der Waals surface area contributed by atoms with Crippen LogP contribution in [0.4, 0.5) is 0 Å². The standard InChI is InChI=1S/C17H24N4O/c1-11-12(2)20-22-17(11)14-9-18-19-16(14)15-5-3-4-8-21(15)10-13-6-7-13/h9,13,15H,3-8,10H2,1-2H3,(H,18,19). The van der Waals surface area contributed by atoms with Gasteiger partial charge in [0.1, 0.15) is 0 Å². The molecule has 1 aliphatic carbocycles. The minimum atomic E-state index is 0.441. The molecule has 22 heavy (non-hydrogen) atoms. The van der Waals surface area contributed by atoms with Crippen molar-refractivity contribution < 1.29 is 4.52 Å². The summed E-state index contributed by atoms with van der Waals surface area (Å²) in [6, 6.07) is 0.441. The summed E-state index contributed by atoms with van der Waals surface area (Å²) in [7, 11) is 0. The highest BCUT2D eigenvalue weighted by Gasteiger charge is 2.33. The summed E-state index contributed by atoms with van der Waals surface area (Å²) in [6.07, 6.45) is 8.50. The van der Waals surface area contributed by atoms with Gasteiger partial charge in [0.2, 0.25) is 0 Å². The average Bonchev–Trinajstić information content (AvgIpc) is 3.11. The van der Waals surface area contributed by atoms with Crippen LogP contribution in [0.15, 0.2) is 10.7 Å². The summed E-state index contributed by atoms with van der Waals surface area (Å²) in [5.74, 6) is 1.79. The van der Waals surface area contributed by atoms with Crippen LogP contribution in [0.25, 0.3) is 11.3 Å². The van der Waals surface area contributed by atoms with E-state index in [-0.39, 0.29) is 0 Å². The van der Waals surface area contributed by atoms with Gasteiger partial charge in [-0.2, -0.15) is 5.10 Å². The molecular weight excluding hydrogens is 276 g/mol. The molecule has 1 saturated carbocycles. The number of aryl methyl sites for hydroxylation is 1. The largest absolute Gasteiger partial charge is 0.356 e. The van der Waals surface area contributed by atoms with Gasteiger partial charge in [-0.3, -0.25) is 10.00 Å². The Morgan fingerprint density at radius 2 is 2.14 bits per heavy atom. The molecule has 5 nitrogen and oxygen atoms in total. The van der Waals surface area contributed by atoms with Crippen molar-refractivity contribution in [1.82, 2.24) is 20.3 Å². The Morgan fingerprint density at radius 1 is 1.27 bits per heavy atom. The van der Waals surface area contributed by atoms with E-state index in [0.29, 0.717) is 6.04 Å². The predicted molar refractivity (Wildman–Crippen MR) is 84.4 cm³/mol. The zero-order valence-electron chi connectivity index (χ0n) is 13.4. The molecule has 0 bridgehead atoms. The average molecular weight is 300 g/mol. The summed E-state index contributed by atoms with van der Waals surface area (Å²) in [4.78, 5) is 2.65. The Hall–Kier alpha value is -1.62. The number of piperidine rings is 1. The summed E-state index contributed by atoms with van der Waals surface area (Å²) < 4.78 is 5.57. The van der Waals surface area contributed by atoms with Gasteiger partial charge in [0, 0.05) is 12.1 Å². The van der Waals surface area contributed by atoms with Crippen LogP contribution >= 0.6 is 0 Å². The monoisotopic (exact) mass is 300 g/mol. The van der Waals surface area contributed by atoms with Crippen LogP contribution in [0.1, 0.15) is 55.1 Å². The van der Waals surface area contributed by atoms with Gasteiger partial charge >= 0.3 is 0 Å². The van der Waals surface area contributed by atoms with Gasteiger partial charge in [-0.15, -0.1) is 0 Å². The van der Waals surface area contributed by atoms with Crippen molar-refractivity contribution in [2.75, 3.05) is 13.1 Å². The third-order valence-electron chi connectivity index (χ3n) is 5.21. The van der Waals surface area contributed by atoms with Crippen LogP contribution < -0.4 is 0 Å². The van der Waals surface area contributed by atoms with Crippen LogP contribution in [-0.2, 0) is 0 Å². The second kappa shape index (κ2) is 5.54. The molecule has 1 saturated heterocycles. The lowest BCUT2D eigenvalue weighted by atomic mass is 9.95. The Morgan fingerprint density at radius 3 is 2.86 bits per heavy atom. The second-order valence-corrected chi connectivity index (χ2v) is 6.87. The van der Waals surface area contributed by atoms with E-state index in [1.165, 1.54) is 50.9 Å². The van der Waals surface area contributed by atoms with Gasteiger partial charge in [0.05, 0.1) is 29.2 Å². The summed E-state index contributed by atoms with van der Waals surface area (Å²) in [6.45, 7) is 6.49. The Kier molecular flexibility index (Phi) is 3.53. The van der Waals surface area contributed by atoms with E-state index in [1.807, 2.05) is 13.1 Å². The van der Waals surface area contributed by atoms with Crippen molar-refractivity contribution in [2.24, 2.45) is 5.92 Å². The molecule has 3 heterocycles. The zero-order chi connectivity index (χ0) is 15.1. The molecule has 2 aromatic heterocycles. The summed E-state index contributed by atoms with van der Waals surface area (Å²) in [5, 5.41) is 11.7. The van der Waals surface area contributed by atoms with Gasteiger partial charge < -0.3 is 4.52 Å². The van der Waals surface area contributed by atoms with Crippen LogP contribution in [0.5, 0.6) is 0 Å². The van der Waals surface area contributed by atoms with Crippen molar-refractivity contribution >= 4 is 0 Å². The molecule has 5 heteroatoms. The minimum Gasteiger partial charge on any atom is -0.356 e. The number of hydrogen-bond acceptors (Lipinski definition) is 4. The van der Waals surface area contributed by atoms with Crippen molar-refractivity contribution in [3.8, 4) is 11.3 Å². The van der Waals surface area contributed by atoms with Gasteiger partial charge in [-0.25, -0.2) is 0 Å². The molecular formula is C17H24N4O. The molecule has 2 aliphatic rings.